The highest BCUT2D eigenvalue weighted by atomic mass is 35.5. The van der Waals surface area contributed by atoms with Crippen molar-refractivity contribution in [3.63, 3.8) is 0 Å². The minimum atomic E-state index is -4.41. The number of imidazole rings is 1. The van der Waals surface area contributed by atoms with Crippen LogP contribution in [0, 0.1) is 5.92 Å². The van der Waals surface area contributed by atoms with Crippen molar-refractivity contribution in [2.24, 2.45) is 5.92 Å². The van der Waals surface area contributed by atoms with E-state index in [1.165, 1.54) is 6.07 Å². The highest BCUT2D eigenvalue weighted by molar-refractivity contribution is 8.16. The Bertz CT molecular complexity index is 1410. The van der Waals surface area contributed by atoms with Crippen LogP contribution < -0.4 is 4.72 Å². The molecule has 1 unspecified atom stereocenters. The molecule has 1 atom stereocenters. The first-order chi connectivity index (χ1) is 18.0. The molecule has 0 amide bonds. The predicted molar refractivity (Wildman–Crippen MR) is 153 cm³/mol. The number of piperidine rings is 1. The largest absolute Gasteiger partial charge is 0.418 e. The van der Waals surface area contributed by atoms with E-state index in [1.807, 2.05) is 12.1 Å². The van der Waals surface area contributed by atoms with Crippen LogP contribution in [0.2, 0.25) is 10.0 Å². The van der Waals surface area contributed by atoms with Crippen molar-refractivity contribution in [2.45, 2.75) is 62.4 Å². The standard InChI is InChI=1S/C28H31Cl2F3N4S/c1-17-10-20(11-17)37-16-34-24-13-18(12-22(26(24)37)28(31,32)33)4-3-7-36-8-5-27(6-9-36)21-14-19(29)15-23(30)25(21)35-38(27)2/h12-17,20,35H,2-11H2,1H3. The van der Waals surface area contributed by atoms with Gasteiger partial charge in [-0.2, -0.15) is 13.2 Å². The van der Waals surface area contributed by atoms with Crippen molar-refractivity contribution in [1.82, 2.24) is 14.5 Å². The first kappa shape index (κ1) is 26.5. The molecule has 204 valence electrons. The normalized spacial score (nSPS) is 24.9. The number of alkyl halides is 3. The molecular formula is C28H31Cl2F3N4S. The molecule has 2 aromatic carbocycles. The number of aryl methyl sites for hydroxylation is 1. The summed E-state index contributed by atoms with van der Waals surface area (Å²) in [7, 11) is -0.293. The van der Waals surface area contributed by atoms with Crippen LogP contribution in [0.25, 0.3) is 11.0 Å². The number of benzene rings is 2. The summed E-state index contributed by atoms with van der Waals surface area (Å²) in [5.41, 5.74) is 2.93. The topological polar surface area (TPSA) is 33.1 Å². The van der Waals surface area contributed by atoms with E-state index >= 15 is 0 Å². The number of fused-ring (bicyclic) bond motifs is 3. The molecule has 1 aliphatic carbocycles. The van der Waals surface area contributed by atoms with Gasteiger partial charge in [0.25, 0.3) is 0 Å². The summed E-state index contributed by atoms with van der Waals surface area (Å²) in [5.74, 6) is 4.95. The fourth-order valence-corrected chi connectivity index (χ4v) is 8.86. The van der Waals surface area contributed by atoms with Crippen LogP contribution in [0.15, 0.2) is 30.6 Å². The fourth-order valence-electron chi connectivity index (χ4n) is 6.50. The van der Waals surface area contributed by atoms with Crippen LogP contribution in [0.1, 0.15) is 61.8 Å². The van der Waals surface area contributed by atoms with Gasteiger partial charge in [0.1, 0.15) is 0 Å². The first-order valence-electron chi connectivity index (χ1n) is 13.1. The zero-order chi connectivity index (χ0) is 26.8. The van der Waals surface area contributed by atoms with E-state index in [1.54, 1.807) is 17.0 Å². The minimum absolute atomic E-state index is 0.0793. The third-order valence-electron chi connectivity index (χ3n) is 8.62. The predicted octanol–water partition coefficient (Wildman–Crippen LogP) is 8.30. The lowest BCUT2D eigenvalue weighted by atomic mass is 9.81. The Labute approximate surface area is 233 Å². The van der Waals surface area contributed by atoms with Gasteiger partial charge in [-0.25, -0.2) is 4.98 Å². The molecule has 3 aromatic rings. The van der Waals surface area contributed by atoms with Crippen LogP contribution in [-0.2, 0) is 17.3 Å². The monoisotopic (exact) mass is 582 g/mol. The van der Waals surface area contributed by atoms with Crippen molar-refractivity contribution in [3.8, 4) is 0 Å². The van der Waals surface area contributed by atoms with Crippen LogP contribution in [-0.4, -0.2) is 40.0 Å². The summed E-state index contributed by atoms with van der Waals surface area (Å²) < 4.78 is 47.4. The van der Waals surface area contributed by atoms with Gasteiger partial charge < -0.3 is 14.2 Å². The summed E-state index contributed by atoms with van der Waals surface area (Å²) in [6, 6.07) is 7.08. The lowest BCUT2D eigenvalue weighted by Gasteiger charge is -2.40. The number of anilines is 1. The molecule has 6 rings (SSSR count). The van der Waals surface area contributed by atoms with Crippen molar-refractivity contribution >= 4 is 56.5 Å². The van der Waals surface area contributed by atoms with Gasteiger partial charge in [-0.05, 0) is 99.5 Å². The molecule has 3 heterocycles. The van der Waals surface area contributed by atoms with Crippen LogP contribution in [0.5, 0.6) is 0 Å². The molecular weight excluding hydrogens is 552 g/mol. The molecule has 1 N–H and O–H groups in total. The molecule has 1 saturated heterocycles. The number of rotatable bonds is 5. The second-order valence-corrected chi connectivity index (χ2v) is 13.7. The number of nitrogens with zero attached hydrogens (tertiary/aromatic N) is 3. The number of hydrogen-bond donors (Lipinski definition) is 1. The average Bonchev–Trinajstić information content (AvgIpc) is 3.37. The minimum Gasteiger partial charge on any atom is -0.334 e. The van der Waals surface area contributed by atoms with E-state index < -0.39 is 11.7 Å². The SMILES string of the molecule is C=S1Nc2c(Cl)cc(Cl)cc2C12CCN(CCCc1cc(C(F)(F)F)c3c(c1)ncn3C1CC(C)C1)CC2. The van der Waals surface area contributed by atoms with Gasteiger partial charge in [-0.3, -0.25) is 0 Å². The maximum absolute atomic E-state index is 14.1. The second kappa shape index (κ2) is 9.72. The van der Waals surface area contributed by atoms with Gasteiger partial charge >= 0.3 is 6.18 Å². The van der Waals surface area contributed by atoms with Crippen molar-refractivity contribution in [2.75, 3.05) is 24.4 Å². The first-order valence-corrected chi connectivity index (χ1v) is 15.3. The Morgan fingerprint density at radius 3 is 2.58 bits per heavy atom. The van der Waals surface area contributed by atoms with Crippen molar-refractivity contribution < 1.29 is 13.2 Å². The Balaban J connectivity index is 1.13. The van der Waals surface area contributed by atoms with Crippen molar-refractivity contribution in [1.29, 1.82) is 0 Å². The molecule has 4 nitrogen and oxygen atoms in total. The van der Waals surface area contributed by atoms with Gasteiger partial charge in [0.2, 0.25) is 0 Å². The molecule has 0 radical (unpaired) electrons. The lowest BCUT2D eigenvalue weighted by molar-refractivity contribution is -0.136. The molecule has 1 spiro atoms. The smallest absolute Gasteiger partial charge is 0.334 e. The van der Waals surface area contributed by atoms with Crippen LogP contribution >= 0.6 is 33.9 Å². The summed E-state index contributed by atoms with van der Waals surface area (Å²) in [4.78, 5) is 6.79. The fraction of sp³-hybridized carbons (Fsp3) is 0.500. The molecule has 1 saturated carbocycles. The second-order valence-electron chi connectivity index (χ2n) is 11.1. The zero-order valence-electron chi connectivity index (χ0n) is 21.3. The van der Waals surface area contributed by atoms with E-state index in [9.17, 15) is 13.2 Å². The van der Waals surface area contributed by atoms with E-state index in [2.05, 4.69) is 27.4 Å². The highest BCUT2D eigenvalue weighted by Crippen LogP contribution is 2.58. The summed E-state index contributed by atoms with van der Waals surface area (Å²) in [6.45, 7) is 4.78. The Kier molecular flexibility index (Phi) is 6.77. The van der Waals surface area contributed by atoms with E-state index in [0.717, 1.165) is 63.0 Å². The summed E-state index contributed by atoms with van der Waals surface area (Å²) in [6.07, 6.45) is 2.25. The zero-order valence-corrected chi connectivity index (χ0v) is 23.6. The maximum atomic E-state index is 14.1. The third-order valence-corrected chi connectivity index (χ3v) is 11.2. The van der Waals surface area contributed by atoms with Gasteiger partial charge in [0, 0.05) is 11.1 Å². The molecule has 0 bridgehead atoms. The number of hydrogen-bond acceptors (Lipinski definition) is 3. The number of halogens is 5. The third kappa shape index (κ3) is 4.55. The molecule has 38 heavy (non-hydrogen) atoms. The number of aromatic nitrogens is 2. The maximum Gasteiger partial charge on any atom is 0.418 e. The van der Waals surface area contributed by atoms with Crippen LogP contribution in [0.3, 0.4) is 0 Å². The molecule has 1 aromatic heterocycles. The summed E-state index contributed by atoms with van der Waals surface area (Å²) in [5, 5.41) is 1.27. The van der Waals surface area contributed by atoms with Gasteiger partial charge in [-0.15, -0.1) is 0 Å². The lowest BCUT2D eigenvalue weighted by Crippen LogP contribution is -2.41. The van der Waals surface area contributed by atoms with Crippen LogP contribution in [0.4, 0.5) is 18.9 Å². The van der Waals surface area contributed by atoms with E-state index in [-0.39, 0.29) is 27.0 Å². The van der Waals surface area contributed by atoms with Crippen molar-refractivity contribution in [3.05, 3.63) is 57.3 Å². The summed E-state index contributed by atoms with van der Waals surface area (Å²) >= 11 is 12.8. The van der Waals surface area contributed by atoms with E-state index in [4.69, 9.17) is 23.2 Å². The molecule has 3 aliphatic rings. The number of likely N-dealkylation sites (tertiary alicyclic amines) is 1. The van der Waals surface area contributed by atoms with E-state index in [0.29, 0.717) is 33.5 Å². The Hall–Kier alpha value is -1.74. The average molecular weight is 584 g/mol. The Morgan fingerprint density at radius 2 is 1.89 bits per heavy atom. The van der Waals surface area contributed by atoms with Gasteiger partial charge in [0.15, 0.2) is 0 Å². The van der Waals surface area contributed by atoms with Gasteiger partial charge in [-0.1, -0.05) is 46.7 Å². The quantitative estimate of drug-likeness (QED) is 0.307. The molecule has 10 heteroatoms. The number of nitrogens with one attached hydrogen (secondary N) is 1. The highest BCUT2D eigenvalue weighted by Gasteiger charge is 2.45. The molecule has 2 aliphatic heterocycles. The van der Waals surface area contributed by atoms with Gasteiger partial charge in [0.05, 0.1) is 38.4 Å². The Morgan fingerprint density at radius 1 is 1.16 bits per heavy atom. The molecule has 2 fully saturated rings.